The van der Waals surface area contributed by atoms with Gasteiger partial charge in [-0.15, -0.1) is 0 Å². The van der Waals surface area contributed by atoms with Crippen molar-refractivity contribution in [2.45, 2.75) is 19.0 Å². The Balaban J connectivity index is 1.58. The quantitative estimate of drug-likeness (QED) is 0.680. The molecule has 29 heavy (non-hydrogen) atoms. The lowest BCUT2D eigenvalue weighted by Gasteiger charge is -2.17. The Morgan fingerprint density at radius 1 is 1.24 bits per heavy atom. The summed E-state index contributed by atoms with van der Waals surface area (Å²) in [5.74, 6) is -0.603. The fourth-order valence-electron chi connectivity index (χ4n) is 3.42. The number of aromatic nitrogens is 4. The highest BCUT2D eigenvalue weighted by Crippen LogP contribution is 2.34. The number of ether oxygens (including phenoxy) is 1. The van der Waals surface area contributed by atoms with Crippen molar-refractivity contribution < 1.29 is 18.3 Å². The molecule has 1 amide bonds. The van der Waals surface area contributed by atoms with E-state index in [1.54, 1.807) is 23.1 Å². The van der Waals surface area contributed by atoms with Crippen LogP contribution in [0.1, 0.15) is 28.4 Å². The molecule has 1 fully saturated rings. The molecule has 4 rings (SSSR count). The number of likely N-dealkylation sites (tertiary alicyclic amines) is 1. The zero-order valence-corrected chi connectivity index (χ0v) is 15.8. The van der Waals surface area contributed by atoms with E-state index >= 15 is 0 Å². The van der Waals surface area contributed by atoms with Gasteiger partial charge in [-0.25, -0.2) is 0 Å². The van der Waals surface area contributed by atoms with Crippen molar-refractivity contribution in [2.24, 2.45) is 0 Å². The molecular formula is C19H16ClF2N5O2. The number of alkyl halides is 2. The third kappa shape index (κ3) is 4.04. The molecule has 3 aromatic rings. The molecule has 0 aliphatic carbocycles. The molecule has 2 aromatic heterocycles. The molecule has 1 saturated heterocycles. The van der Waals surface area contributed by atoms with E-state index in [4.69, 9.17) is 11.6 Å². The number of nitrogens with one attached hydrogen (secondary N) is 1. The average Bonchev–Trinajstić information content (AvgIpc) is 3.36. The molecule has 1 aromatic carbocycles. The summed E-state index contributed by atoms with van der Waals surface area (Å²) in [5, 5.41) is 14.6. The largest absolute Gasteiger partial charge is 0.430 e. The number of H-pyrrole nitrogens is 1. The standard InChI is InChI=1S/C19H16ClF2N5O2/c20-14-3-1-11(2-4-14)13-6-8-27(10-13)18(28)16-17(29-19(21)22)15(25-26-16)12-5-7-23-24-9-12/h1-5,7,9,13,19H,6,8,10H2,(H,25,26). The number of aromatic amines is 1. The normalized spacial score (nSPS) is 16.4. The number of carbonyl (C=O) groups excluding carboxylic acids is 1. The molecule has 7 nitrogen and oxygen atoms in total. The van der Waals surface area contributed by atoms with Gasteiger partial charge in [0.05, 0.1) is 12.4 Å². The van der Waals surface area contributed by atoms with Gasteiger partial charge < -0.3 is 9.64 Å². The van der Waals surface area contributed by atoms with Crippen LogP contribution in [0.4, 0.5) is 8.78 Å². The van der Waals surface area contributed by atoms with E-state index in [9.17, 15) is 13.6 Å². The lowest BCUT2D eigenvalue weighted by molar-refractivity contribution is -0.0498. The first kappa shape index (κ1) is 19.3. The first-order chi connectivity index (χ1) is 14.0. The topological polar surface area (TPSA) is 84.0 Å². The van der Waals surface area contributed by atoms with Crippen LogP contribution in [-0.4, -0.2) is 50.9 Å². The summed E-state index contributed by atoms with van der Waals surface area (Å²) in [7, 11) is 0. The molecule has 1 unspecified atom stereocenters. The van der Waals surface area contributed by atoms with Crippen LogP contribution in [-0.2, 0) is 0 Å². The third-order valence-electron chi connectivity index (χ3n) is 4.82. The second-order valence-electron chi connectivity index (χ2n) is 6.57. The maximum atomic E-state index is 13.0. The van der Waals surface area contributed by atoms with Crippen molar-refractivity contribution in [3.8, 4) is 17.0 Å². The van der Waals surface area contributed by atoms with Crippen LogP contribution in [0.25, 0.3) is 11.3 Å². The van der Waals surface area contributed by atoms with Gasteiger partial charge in [0.1, 0.15) is 5.69 Å². The molecule has 1 aliphatic heterocycles. The van der Waals surface area contributed by atoms with Gasteiger partial charge in [0.25, 0.3) is 5.91 Å². The van der Waals surface area contributed by atoms with Crippen molar-refractivity contribution in [2.75, 3.05) is 13.1 Å². The lowest BCUT2D eigenvalue weighted by Crippen LogP contribution is -2.29. The first-order valence-corrected chi connectivity index (χ1v) is 9.25. The minimum Gasteiger partial charge on any atom is -0.430 e. The average molecular weight is 420 g/mol. The molecule has 1 atom stereocenters. The number of benzene rings is 1. The molecule has 1 aliphatic rings. The number of hydrogen-bond acceptors (Lipinski definition) is 5. The van der Waals surface area contributed by atoms with E-state index < -0.39 is 12.5 Å². The maximum absolute atomic E-state index is 13.0. The van der Waals surface area contributed by atoms with Crippen molar-refractivity contribution in [3.63, 3.8) is 0 Å². The maximum Gasteiger partial charge on any atom is 0.387 e. The highest BCUT2D eigenvalue weighted by molar-refractivity contribution is 6.30. The molecule has 1 N–H and O–H groups in total. The number of hydrogen-bond donors (Lipinski definition) is 1. The predicted molar refractivity (Wildman–Crippen MR) is 101 cm³/mol. The van der Waals surface area contributed by atoms with Gasteiger partial charge in [0.2, 0.25) is 0 Å². The summed E-state index contributed by atoms with van der Waals surface area (Å²) in [6.07, 6.45) is 3.51. The van der Waals surface area contributed by atoms with Crippen LogP contribution < -0.4 is 4.74 Å². The Bertz CT molecular complexity index is 998. The minimum absolute atomic E-state index is 0.0806. The lowest BCUT2D eigenvalue weighted by atomic mass is 9.99. The summed E-state index contributed by atoms with van der Waals surface area (Å²) < 4.78 is 30.6. The zero-order valence-electron chi connectivity index (χ0n) is 15.1. The van der Waals surface area contributed by atoms with Crippen LogP contribution in [0.2, 0.25) is 5.02 Å². The molecule has 0 saturated carbocycles. The second-order valence-corrected chi connectivity index (χ2v) is 7.01. The highest BCUT2D eigenvalue weighted by Gasteiger charge is 2.32. The fraction of sp³-hybridized carbons (Fsp3) is 0.263. The Morgan fingerprint density at radius 2 is 2.03 bits per heavy atom. The van der Waals surface area contributed by atoms with Crippen LogP contribution in [0, 0.1) is 0 Å². The number of halogens is 3. The van der Waals surface area contributed by atoms with Gasteiger partial charge in [-0.2, -0.15) is 24.1 Å². The van der Waals surface area contributed by atoms with E-state index in [2.05, 4.69) is 25.1 Å². The number of amides is 1. The van der Waals surface area contributed by atoms with E-state index in [0.29, 0.717) is 23.7 Å². The summed E-state index contributed by atoms with van der Waals surface area (Å²) in [4.78, 5) is 14.6. The van der Waals surface area contributed by atoms with E-state index in [0.717, 1.165) is 12.0 Å². The molecule has 0 radical (unpaired) electrons. The van der Waals surface area contributed by atoms with Crippen molar-refractivity contribution in [1.29, 1.82) is 0 Å². The molecule has 0 bridgehead atoms. The summed E-state index contributed by atoms with van der Waals surface area (Å²) >= 11 is 5.93. The zero-order chi connectivity index (χ0) is 20.4. The molecule has 3 heterocycles. The summed E-state index contributed by atoms with van der Waals surface area (Å²) in [5.41, 5.74) is 1.44. The van der Waals surface area contributed by atoms with Gasteiger partial charge in [0, 0.05) is 29.6 Å². The fourth-order valence-corrected chi connectivity index (χ4v) is 3.54. The van der Waals surface area contributed by atoms with Gasteiger partial charge in [0.15, 0.2) is 11.4 Å². The second kappa shape index (κ2) is 8.12. The van der Waals surface area contributed by atoms with Gasteiger partial charge in [-0.3, -0.25) is 9.89 Å². The Morgan fingerprint density at radius 3 is 2.72 bits per heavy atom. The van der Waals surface area contributed by atoms with Gasteiger partial charge in [-0.05, 0) is 30.2 Å². The van der Waals surface area contributed by atoms with Crippen LogP contribution in [0.15, 0.2) is 42.7 Å². The molecular weight excluding hydrogens is 404 g/mol. The van der Waals surface area contributed by atoms with E-state index in [-0.39, 0.29) is 23.1 Å². The monoisotopic (exact) mass is 419 g/mol. The van der Waals surface area contributed by atoms with Gasteiger partial charge >= 0.3 is 6.61 Å². The Hall–Kier alpha value is -3.07. The van der Waals surface area contributed by atoms with Crippen LogP contribution >= 0.6 is 11.6 Å². The van der Waals surface area contributed by atoms with Crippen molar-refractivity contribution in [1.82, 2.24) is 25.3 Å². The molecule has 150 valence electrons. The third-order valence-corrected chi connectivity index (χ3v) is 5.07. The smallest absolute Gasteiger partial charge is 0.387 e. The minimum atomic E-state index is -3.10. The Labute approximate surface area is 169 Å². The summed E-state index contributed by atoms with van der Waals surface area (Å²) in [6.45, 7) is -2.15. The van der Waals surface area contributed by atoms with E-state index in [1.165, 1.54) is 12.4 Å². The summed E-state index contributed by atoms with van der Waals surface area (Å²) in [6, 6.07) is 9.01. The number of carbonyl (C=O) groups is 1. The number of rotatable bonds is 5. The predicted octanol–water partition coefficient (Wildman–Crippen LogP) is 3.75. The SMILES string of the molecule is O=C(c1[nH]nc(-c2ccnnc2)c1OC(F)F)N1CCC(c2ccc(Cl)cc2)C1. The highest BCUT2D eigenvalue weighted by atomic mass is 35.5. The van der Waals surface area contributed by atoms with Crippen LogP contribution in [0.3, 0.4) is 0 Å². The first-order valence-electron chi connectivity index (χ1n) is 8.88. The molecule has 10 heteroatoms. The number of nitrogens with zero attached hydrogens (tertiary/aromatic N) is 4. The molecule has 0 spiro atoms. The van der Waals surface area contributed by atoms with Crippen molar-refractivity contribution in [3.05, 3.63) is 59.0 Å². The van der Waals surface area contributed by atoms with E-state index in [1.807, 2.05) is 12.1 Å². The van der Waals surface area contributed by atoms with Gasteiger partial charge in [-0.1, -0.05) is 23.7 Å². The van der Waals surface area contributed by atoms with Crippen molar-refractivity contribution >= 4 is 17.5 Å². The van der Waals surface area contributed by atoms with Crippen LogP contribution in [0.5, 0.6) is 5.75 Å². The Kier molecular flexibility index (Phi) is 5.39.